The number of alkyl halides is 3. The van der Waals surface area contributed by atoms with E-state index in [0.29, 0.717) is 0 Å². The summed E-state index contributed by atoms with van der Waals surface area (Å²) in [4.78, 5) is 11.6. The highest BCUT2D eigenvalue weighted by Crippen LogP contribution is 2.35. The molecule has 0 amide bonds. The zero-order chi connectivity index (χ0) is 14.1. The van der Waals surface area contributed by atoms with Gasteiger partial charge >= 0.3 is 12.1 Å². The van der Waals surface area contributed by atoms with E-state index in [0.717, 1.165) is 6.07 Å². The van der Waals surface area contributed by atoms with Gasteiger partial charge in [-0.2, -0.15) is 13.2 Å². The Hall–Kier alpha value is -1.50. The molecule has 0 aliphatic rings. The van der Waals surface area contributed by atoms with Gasteiger partial charge in [0.2, 0.25) is 5.76 Å². The van der Waals surface area contributed by atoms with Crippen molar-refractivity contribution in [2.45, 2.75) is 39.2 Å². The number of hydrogen-bond acceptors (Lipinski definition) is 4. The van der Waals surface area contributed by atoms with E-state index < -0.39 is 35.7 Å². The smallest absolute Gasteiger partial charge is 0.450 e. The van der Waals surface area contributed by atoms with E-state index >= 15 is 0 Å². The standard InChI is InChI=1S/C11H13F3O4/c1-10(2,3)18-9(16)7-4-6(5-15)17-8(7)11(12,13)14/h4,15H,5H2,1-3H3. The second-order valence-electron chi connectivity index (χ2n) is 4.61. The number of carbonyl (C=O) groups is 1. The number of carbonyl (C=O) groups excluding carboxylic acids is 1. The van der Waals surface area contributed by atoms with Crippen LogP contribution < -0.4 is 0 Å². The first-order chi connectivity index (χ1) is 8.04. The second-order valence-corrected chi connectivity index (χ2v) is 4.61. The average Bonchev–Trinajstić information content (AvgIpc) is 2.57. The van der Waals surface area contributed by atoms with Gasteiger partial charge in [0.25, 0.3) is 0 Å². The number of halogens is 3. The highest BCUT2D eigenvalue weighted by Gasteiger charge is 2.41. The van der Waals surface area contributed by atoms with Crippen LogP contribution in [0.4, 0.5) is 13.2 Å². The first kappa shape index (κ1) is 14.6. The quantitative estimate of drug-likeness (QED) is 0.836. The van der Waals surface area contributed by atoms with Crippen molar-refractivity contribution in [3.05, 3.63) is 23.2 Å². The minimum atomic E-state index is -4.82. The maximum atomic E-state index is 12.6. The zero-order valence-corrected chi connectivity index (χ0v) is 10.1. The van der Waals surface area contributed by atoms with Gasteiger partial charge in [-0.15, -0.1) is 0 Å². The molecule has 1 aromatic heterocycles. The molecule has 7 heteroatoms. The number of hydrogen-bond donors (Lipinski definition) is 1. The monoisotopic (exact) mass is 266 g/mol. The molecular formula is C11H13F3O4. The predicted octanol–water partition coefficient (Wildman–Crippen LogP) is 2.75. The Bertz CT molecular complexity index is 440. The van der Waals surface area contributed by atoms with E-state index in [4.69, 9.17) is 9.84 Å². The third-order valence-electron chi connectivity index (χ3n) is 1.82. The van der Waals surface area contributed by atoms with Crippen molar-refractivity contribution in [3.63, 3.8) is 0 Å². The summed E-state index contributed by atoms with van der Waals surface area (Å²) in [5.41, 5.74) is -1.65. The van der Waals surface area contributed by atoms with Crippen LogP contribution in [0, 0.1) is 0 Å². The molecule has 18 heavy (non-hydrogen) atoms. The van der Waals surface area contributed by atoms with E-state index in [1.807, 2.05) is 0 Å². The Morgan fingerprint density at radius 3 is 2.33 bits per heavy atom. The molecule has 1 N–H and O–H groups in total. The molecule has 0 saturated heterocycles. The lowest BCUT2D eigenvalue weighted by atomic mass is 10.1. The molecule has 0 spiro atoms. The SMILES string of the molecule is CC(C)(C)OC(=O)c1cc(CO)oc1C(F)(F)F. The maximum Gasteiger partial charge on any atom is 0.450 e. The van der Waals surface area contributed by atoms with Crippen LogP contribution in [0.25, 0.3) is 0 Å². The van der Waals surface area contributed by atoms with Crippen molar-refractivity contribution < 1.29 is 32.2 Å². The minimum absolute atomic E-state index is 0.344. The van der Waals surface area contributed by atoms with Gasteiger partial charge in [0.15, 0.2) is 0 Å². The lowest BCUT2D eigenvalue weighted by Crippen LogP contribution is -2.25. The molecule has 0 aromatic carbocycles. The molecule has 1 aromatic rings. The third kappa shape index (κ3) is 3.49. The molecule has 102 valence electrons. The normalized spacial score (nSPS) is 12.6. The van der Waals surface area contributed by atoms with Crippen molar-refractivity contribution >= 4 is 5.97 Å². The first-order valence-corrected chi connectivity index (χ1v) is 5.08. The third-order valence-corrected chi connectivity index (χ3v) is 1.82. The Morgan fingerprint density at radius 1 is 1.39 bits per heavy atom. The molecule has 1 heterocycles. The van der Waals surface area contributed by atoms with Crippen molar-refractivity contribution in [3.8, 4) is 0 Å². The summed E-state index contributed by atoms with van der Waals surface area (Å²) < 4.78 is 47.0. The van der Waals surface area contributed by atoms with E-state index in [-0.39, 0.29) is 5.76 Å². The summed E-state index contributed by atoms with van der Waals surface area (Å²) in [5, 5.41) is 8.74. The highest BCUT2D eigenvalue weighted by atomic mass is 19.4. The van der Waals surface area contributed by atoms with Crippen LogP contribution in [0.15, 0.2) is 10.5 Å². The lowest BCUT2D eigenvalue weighted by molar-refractivity contribution is -0.154. The highest BCUT2D eigenvalue weighted by molar-refractivity contribution is 5.91. The summed E-state index contributed by atoms with van der Waals surface area (Å²) in [6, 6.07) is 0.830. The first-order valence-electron chi connectivity index (χ1n) is 5.08. The number of esters is 1. The van der Waals surface area contributed by atoms with Gasteiger partial charge in [0.1, 0.15) is 23.5 Å². The fraction of sp³-hybridized carbons (Fsp3) is 0.545. The average molecular weight is 266 g/mol. The van der Waals surface area contributed by atoms with Crippen LogP contribution in [-0.2, 0) is 17.5 Å². The molecule has 0 saturated carbocycles. The number of ether oxygens (including phenoxy) is 1. The van der Waals surface area contributed by atoms with Gasteiger partial charge in [-0.3, -0.25) is 0 Å². The molecule has 1 rings (SSSR count). The molecule has 4 nitrogen and oxygen atoms in total. The van der Waals surface area contributed by atoms with E-state index in [9.17, 15) is 18.0 Å². The number of aliphatic hydroxyl groups is 1. The Morgan fingerprint density at radius 2 is 1.94 bits per heavy atom. The fourth-order valence-electron chi connectivity index (χ4n) is 1.22. The van der Waals surface area contributed by atoms with Gasteiger partial charge < -0.3 is 14.3 Å². The van der Waals surface area contributed by atoms with Crippen LogP contribution in [0.2, 0.25) is 0 Å². The fourth-order valence-corrected chi connectivity index (χ4v) is 1.22. The lowest BCUT2D eigenvalue weighted by Gasteiger charge is -2.19. The molecule has 0 bridgehead atoms. The predicted molar refractivity (Wildman–Crippen MR) is 54.8 cm³/mol. The van der Waals surface area contributed by atoms with E-state index in [1.165, 1.54) is 20.8 Å². The molecule has 0 aliphatic heterocycles. The summed E-state index contributed by atoms with van der Waals surface area (Å²) >= 11 is 0. The molecule has 0 atom stereocenters. The van der Waals surface area contributed by atoms with Crippen LogP contribution in [-0.4, -0.2) is 16.7 Å². The van der Waals surface area contributed by atoms with Crippen LogP contribution in [0.3, 0.4) is 0 Å². The van der Waals surface area contributed by atoms with Crippen LogP contribution >= 0.6 is 0 Å². The van der Waals surface area contributed by atoms with Crippen LogP contribution in [0.1, 0.15) is 42.6 Å². The topological polar surface area (TPSA) is 59.7 Å². The Kier molecular flexibility index (Phi) is 3.75. The molecule has 0 unspecified atom stereocenters. The Labute approximate surface area is 101 Å². The minimum Gasteiger partial charge on any atom is -0.456 e. The maximum absolute atomic E-state index is 12.6. The number of rotatable bonds is 2. The second kappa shape index (κ2) is 4.64. The number of aliphatic hydroxyl groups excluding tert-OH is 1. The summed E-state index contributed by atoms with van der Waals surface area (Å²) in [5.74, 6) is -2.94. The largest absolute Gasteiger partial charge is 0.456 e. The van der Waals surface area contributed by atoms with Gasteiger partial charge in [-0.1, -0.05) is 0 Å². The molecule has 0 radical (unpaired) electrons. The molecular weight excluding hydrogens is 253 g/mol. The van der Waals surface area contributed by atoms with Crippen LogP contribution in [0.5, 0.6) is 0 Å². The van der Waals surface area contributed by atoms with Crippen molar-refractivity contribution in [2.75, 3.05) is 0 Å². The Balaban J connectivity index is 3.15. The summed E-state index contributed by atoms with van der Waals surface area (Å²) in [7, 11) is 0. The van der Waals surface area contributed by atoms with Crippen molar-refractivity contribution in [1.82, 2.24) is 0 Å². The van der Waals surface area contributed by atoms with Gasteiger partial charge in [-0.05, 0) is 26.8 Å². The van der Waals surface area contributed by atoms with Crippen molar-refractivity contribution in [2.24, 2.45) is 0 Å². The van der Waals surface area contributed by atoms with Gasteiger partial charge in [0.05, 0.1) is 0 Å². The number of furan rings is 1. The van der Waals surface area contributed by atoms with Gasteiger partial charge in [0, 0.05) is 0 Å². The molecule has 0 fully saturated rings. The van der Waals surface area contributed by atoms with E-state index in [2.05, 4.69) is 4.42 Å². The summed E-state index contributed by atoms with van der Waals surface area (Å²) in [6.07, 6.45) is -4.82. The van der Waals surface area contributed by atoms with E-state index in [1.54, 1.807) is 0 Å². The molecule has 0 aliphatic carbocycles. The van der Waals surface area contributed by atoms with Crippen molar-refractivity contribution in [1.29, 1.82) is 0 Å². The summed E-state index contributed by atoms with van der Waals surface area (Å²) in [6.45, 7) is 3.87. The van der Waals surface area contributed by atoms with Gasteiger partial charge in [-0.25, -0.2) is 4.79 Å². The zero-order valence-electron chi connectivity index (χ0n) is 10.1.